The Bertz CT molecular complexity index is 983. The van der Waals surface area contributed by atoms with Crippen LogP contribution in [-0.4, -0.2) is 78.0 Å². The molecule has 2 heterocycles. The molecule has 0 aromatic carbocycles. The van der Waals surface area contributed by atoms with Crippen LogP contribution in [0.15, 0.2) is 12.4 Å². The Balaban J connectivity index is 1.43. The molecule has 0 spiro atoms. The van der Waals surface area contributed by atoms with E-state index in [1.54, 1.807) is 11.8 Å². The quantitative estimate of drug-likeness (QED) is 0.457. The number of aliphatic hydroxyl groups excluding tert-OH is 1. The van der Waals surface area contributed by atoms with Crippen molar-refractivity contribution in [2.75, 3.05) is 13.7 Å². The van der Waals surface area contributed by atoms with Crippen LogP contribution in [0.1, 0.15) is 65.6 Å². The third-order valence-electron chi connectivity index (χ3n) is 8.74. The van der Waals surface area contributed by atoms with Crippen molar-refractivity contribution in [1.82, 2.24) is 19.6 Å². The van der Waals surface area contributed by atoms with E-state index >= 15 is 0 Å². The minimum absolute atomic E-state index is 0.0165. The van der Waals surface area contributed by atoms with E-state index in [1.807, 2.05) is 13.8 Å². The summed E-state index contributed by atoms with van der Waals surface area (Å²) in [6, 6.07) is -0.826. The van der Waals surface area contributed by atoms with Gasteiger partial charge in [0, 0.05) is 24.6 Å². The molecule has 2 N–H and O–H groups in total. The van der Waals surface area contributed by atoms with E-state index in [0.29, 0.717) is 30.5 Å². The normalized spacial score (nSPS) is 37.1. The topological polar surface area (TPSA) is 114 Å². The summed E-state index contributed by atoms with van der Waals surface area (Å²) in [6.45, 7) is 7.97. The summed E-state index contributed by atoms with van der Waals surface area (Å²) in [5, 5.41) is 10.00. The Morgan fingerprint density at radius 2 is 2.00 bits per heavy atom. The number of aromatic nitrogens is 2. The van der Waals surface area contributed by atoms with Gasteiger partial charge in [-0.25, -0.2) is 32.4 Å². The smallest absolute Gasteiger partial charge is 0.216 e. The fourth-order valence-corrected chi connectivity index (χ4v) is 7.68. The van der Waals surface area contributed by atoms with E-state index in [4.69, 9.17) is 9.47 Å². The molecule has 0 amide bonds. The van der Waals surface area contributed by atoms with Gasteiger partial charge in [-0.05, 0) is 57.8 Å². The molecule has 2 unspecified atom stereocenters. The summed E-state index contributed by atoms with van der Waals surface area (Å²) in [7, 11) is -2.07. The summed E-state index contributed by atoms with van der Waals surface area (Å²) in [5.41, 5.74) is -0.109. The van der Waals surface area contributed by atoms with Crippen LogP contribution in [0.2, 0.25) is 0 Å². The molecule has 11 heteroatoms. The number of nitrogens with zero attached hydrogens (tertiary/aromatic N) is 3. The zero-order valence-electron chi connectivity index (χ0n) is 21.2. The number of aliphatic hydroxyl groups is 1. The van der Waals surface area contributed by atoms with Crippen LogP contribution in [0, 0.1) is 17.7 Å². The van der Waals surface area contributed by atoms with Gasteiger partial charge in [0.15, 0.2) is 5.82 Å². The van der Waals surface area contributed by atoms with Crippen LogP contribution in [-0.2, 0) is 24.9 Å². The first-order chi connectivity index (χ1) is 16.5. The summed E-state index contributed by atoms with van der Waals surface area (Å²) in [4.78, 5) is 10.3. The number of nitrogens with one attached hydrogen (secondary N) is 1. The van der Waals surface area contributed by atoms with Gasteiger partial charge in [0.25, 0.3) is 0 Å². The molecule has 4 rings (SSSR count). The van der Waals surface area contributed by atoms with Crippen LogP contribution < -0.4 is 4.72 Å². The molecule has 9 atom stereocenters. The molecule has 1 aromatic heterocycles. The second-order valence-electron chi connectivity index (χ2n) is 10.5. The lowest BCUT2D eigenvalue weighted by atomic mass is 9.85. The molecule has 0 radical (unpaired) electrons. The average Bonchev–Trinajstić information content (AvgIpc) is 3.31. The molecular formula is C24H39FN4O5S. The summed E-state index contributed by atoms with van der Waals surface area (Å²) in [5.74, 6) is 1.05. The van der Waals surface area contributed by atoms with Crippen molar-refractivity contribution < 1.29 is 27.4 Å². The number of likely N-dealkylation sites (tertiary alicyclic amines) is 1. The van der Waals surface area contributed by atoms with Crippen molar-refractivity contribution >= 4 is 10.0 Å². The Morgan fingerprint density at radius 1 is 1.31 bits per heavy atom. The zero-order chi connectivity index (χ0) is 25.5. The number of hydrogen-bond donors (Lipinski definition) is 2. The van der Waals surface area contributed by atoms with Crippen molar-refractivity contribution in [2.45, 2.75) is 101 Å². The second kappa shape index (κ2) is 10.3. The zero-order valence-corrected chi connectivity index (χ0v) is 22.0. The lowest BCUT2D eigenvalue weighted by Gasteiger charge is -2.35. The summed E-state index contributed by atoms with van der Waals surface area (Å²) < 4.78 is 53.4. The molecule has 1 aliphatic heterocycles. The van der Waals surface area contributed by atoms with Gasteiger partial charge in [-0.2, -0.15) is 0 Å². The number of halogens is 1. The maximum Gasteiger partial charge on any atom is 0.216 e. The lowest BCUT2D eigenvalue weighted by molar-refractivity contribution is -0.199. The van der Waals surface area contributed by atoms with Crippen molar-refractivity contribution in [3.8, 4) is 0 Å². The third kappa shape index (κ3) is 5.00. The van der Waals surface area contributed by atoms with Crippen molar-refractivity contribution in [2.24, 2.45) is 11.8 Å². The predicted molar refractivity (Wildman–Crippen MR) is 128 cm³/mol. The molecule has 198 valence electrons. The van der Waals surface area contributed by atoms with E-state index in [0.717, 1.165) is 19.3 Å². The highest BCUT2D eigenvalue weighted by atomic mass is 32.2. The molecule has 1 aromatic rings. The molecule has 3 aliphatic rings. The number of ether oxygens (including phenoxy) is 2. The van der Waals surface area contributed by atoms with Gasteiger partial charge in [0.1, 0.15) is 5.82 Å². The maximum absolute atomic E-state index is 13.3. The van der Waals surface area contributed by atoms with Gasteiger partial charge >= 0.3 is 0 Å². The molecule has 2 saturated carbocycles. The maximum atomic E-state index is 13.3. The first kappa shape index (κ1) is 26.8. The van der Waals surface area contributed by atoms with Crippen LogP contribution in [0.25, 0.3) is 0 Å². The standard InChI is InChI=1S/C24H39FN4O5S/c1-6-15(3)35(31,32)28-20-9-14(2)29(23(30)33-5)21(20)13-34-18-7-8-24(16(4)19(24)10-18)22-26-11-17(25)12-27-22/h11-12,14-16,18-21,23,28,30H,6-10,13H2,1-5H3/t14-,15?,16-,18-,19+,20+,21+,23?,24+/m0/s1. The predicted octanol–water partition coefficient (Wildman–Crippen LogP) is 2.16. The molecule has 0 bridgehead atoms. The largest absolute Gasteiger partial charge is 0.377 e. The van der Waals surface area contributed by atoms with Crippen LogP contribution in [0.3, 0.4) is 0 Å². The first-order valence-electron chi connectivity index (χ1n) is 12.6. The second-order valence-corrected chi connectivity index (χ2v) is 12.7. The van der Waals surface area contributed by atoms with Crippen molar-refractivity contribution in [3.05, 3.63) is 24.0 Å². The summed E-state index contributed by atoms with van der Waals surface area (Å²) >= 11 is 0. The molecular weight excluding hydrogens is 475 g/mol. The van der Waals surface area contributed by atoms with Gasteiger partial charge in [-0.15, -0.1) is 0 Å². The van der Waals surface area contributed by atoms with Crippen LogP contribution >= 0.6 is 0 Å². The Kier molecular flexibility index (Phi) is 7.86. The Labute approximate surface area is 207 Å². The van der Waals surface area contributed by atoms with Gasteiger partial charge in [-0.3, -0.25) is 0 Å². The molecule has 1 saturated heterocycles. The highest BCUT2D eigenvalue weighted by molar-refractivity contribution is 7.90. The number of hydrogen-bond acceptors (Lipinski definition) is 8. The van der Waals surface area contributed by atoms with Crippen LogP contribution in [0.5, 0.6) is 0 Å². The van der Waals surface area contributed by atoms with E-state index in [-0.39, 0.29) is 36.3 Å². The SMILES string of the molecule is CCC(C)S(=O)(=O)N[C@@H]1C[C@H](C)N(C(O)OC)[C@@H]1CO[C@H]1CC[C@]2(c3ncc(F)cn3)[C@H](C1)[C@@H]2C. The fourth-order valence-electron chi connectivity index (χ4n) is 6.33. The minimum Gasteiger partial charge on any atom is -0.377 e. The molecule has 35 heavy (non-hydrogen) atoms. The lowest BCUT2D eigenvalue weighted by Crippen LogP contribution is -2.53. The Morgan fingerprint density at radius 3 is 2.60 bits per heavy atom. The van der Waals surface area contributed by atoms with Gasteiger partial charge < -0.3 is 14.6 Å². The van der Waals surface area contributed by atoms with Gasteiger partial charge in [-0.1, -0.05) is 13.8 Å². The third-order valence-corrected chi connectivity index (χ3v) is 10.8. The highest BCUT2D eigenvalue weighted by Crippen LogP contribution is 2.66. The minimum atomic E-state index is -3.50. The Hall–Kier alpha value is -1.24. The molecule has 2 aliphatic carbocycles. The fraction of sp³-hybridized carbons (Fsp3) is 0.833. The van der Waals surface area contributed by atoms with E-state index < -0.39 is 27.5 Å². The number of sulfonamides is 1. The number of fused-ring (bicyclic) bond motifs is 1. The molecule has 3 fully saturated rings. The molecule has 9 nitrogen and oxygen atoms in total. The first-order valence-corrected chi connectivity index (χ1v) is 14.2. The van der Waals surface area contributed by atoms with Crippen LogP contribution in [0.4, 0.5) is 4.39 Å². The summed E-state index contributed by atoms with van der Waals surface area (Å²) in [6.07, 6.45) is 4.95. The monoisotopic (exact) mass is 514 g/mol. The van der Waals surface area contributed by atoms with Gasteiger partial charge in [0.05, 0.1) is 36.4 Å². The number of rotatable bonds is 10. The van der Waals surface area contributed by atoms with Gasteiger partial charge in [0.2, 0.25) is 16.4 Å². The average molecular weight is 515 g/mol. The van der Waals surface area contributed by atoms with Crippen molar-refractivity contribution in [1.29, 1.82) is 0 Å². The van der Waals surface area contributed by atoms with E-state index in [2.05, 4.69) is 21.6 Å². The van der Waals surface area contributed by atoms with Crippen molar-refractivity contribution in [3.63, 3.8) is 0 Å². The van der Waals surface area contributed by atoms with E-state index in [9.17, 15) is 17.9 Å². The van der Waals surface area contributed by atoms with E-state index in [1.165, 1.54) is 19.5 Å². The highest BCUT2D eigenvalue weighted by Gasteiger charge is 2.66. The number of methoxy groups -OCH3 is 1.